The molecule has 0 bridgehead atoms. The summed E-state index contributed by atoms with van der Waals surface area (Å²) in [5, 5.41) is 0.562. The lowest BCUT2D eigenvalue weighted by molar-refractivity contribution is -0.137. The van der Waals surface area contributed by atoms with Gasteiger partial charge in [-0.2, -0.15) is 0 Å². The van der Waals surface area contributed by atoms with Crippen LogP contribution < -0.4 is 5.56 Å². The molecule has 1 amide bonds. The third kappa shape index (κ3) is 3.00. The van der Waals surface area contributed by atoms with Crippen molar-refractivity contribution in [3.8, 4) is 0 Å². The van der Waals surface area contributed by atoms with Crippen LogP contribution in [0.25, 0.3) is 10.9 Å². The molecule has 1 fully saturated rings. The van der Waals surface area contributed by atoms with Gasteiger partial charge < -0.3 is 4.90 Å². The van der Waals surface area contributed by atoms with Crippen molar-refractivity contribution >= 4 is 16.8 Å². The van der Waals surface area contributed by atoms with Crippen molar-refractivity contribution in [1.82, 2.24) is 14.5 Å². The van der Waals surface area contributed by atoms with Crippen molar-refractivity contribution in [3.05, 3.63) is 40.9 Å². The number of likely N-dealkylation sites (tertiary alicyclic amines) is 1. The van der Waals surface area contributed by atoms with Gasteiger partial charge in [0.15, 0.2) is 0 Å². The molecule has 0 N–H and O–H groups in total. The van der Waals surface area contributed by atoms with E-state index < -0.39 is 6.04 Å². The number of amides is 1. The largest absolute Gasteiger partial charge is 0.341 e. The van der Waals surface area contributed by atoms with Crippen molar-refractivity contribution in [2.75, 3.05) is 13.1 Å². The number of para-hydroxylation sites is 1. The minimum atomic E-state index is -0.488. The number of carbonyl (C=O) groups excluding carboxylic acids is 1. The smallest absolute Gasteiger partial charge is 0.261 e. The van der Waals surface area contributed by atoms with Crippen LogP contribution in [-0.4, -0.2) is 33.4 Å². The summed E-state index contributed by atoms with van der Waals surface area (Å²) in [6.45, 7) is 5.54. The maximum atomic E-state index is 13.0. The molecular weight excluding hydrogens is 290 g/mol. The summed E-state index contributed by atoms with van der Waals surface area (Å²) in [5.74, 6) is 0.0731. The highest BCUT2D eigenvalue weighted by atomic mass is 16.2. The summed E-state index contributed by atoms with van der Waals surface area (Å²) in [7, 11) is 0. The molecule has 2 aromatic rings. The number of rotatable bonds is 3. The van der Waals surface area contributed by atoms with E-state index >= 15 is 0 Å². The minimum absolute atomic E-state index is 0.0325. The van der Waals surface area contributed by atoms with Crippen molar-refractivity contribution in [2.24, 2.45) is 5.92 Å². The van der Waals surface area contributed by atoms with E-state index in [-0.39, 0.29) is 17.4 Å². The van der Waals surface area contributed by atoms with E-state index in [1.54, 1.807) is 6.07 Å². The van der Waals surface area contributed by atoms with Gasteiger partial charge in [0, 0.05) is 13.1 Å². The monoisotopic (exact) mass is 313 g/mol. The van der Waals surface area contributed by atoms with Crippen molar-refractivity contribution in [1.29, 1.82) is 0 Å². The van der Waals surface area contributed by atoms with Crippen LogP contribution in [0.1, 0.15) is 39.2 Å². The summed E-state index contributed by atoms with van der Waals surface area (Å²) in [4.78, 5) is 32.0. The number of piperidine rings is 1. The highest BCUT2D eigenvalue weighted by molar-refractivity contribution is 5.82. The van der Waals surface area contributed by atoms with Gasteiger partial charge in [-0.25, -0.2) is 4.98 Å². The Bertz CT molecular complexity index is 760. The lowest BCUT2D eigenvalue weighted by atomic mass is 10.0. The molecule has 1 atom stereocenters. The molecule has 0 spiro atoms. The van der Waals surface area contributed by atoms with Gasteiger partial charge in [-0.15, -0.1) is 0 Å². The van der Waals surface area contributed by atoms with Crippen molar-refractivity contribution in [3.63, 3.8) is 0 Å². The van der Waals surface area contributed by atoms with Gasteiger partial charge in [0.25, 0.3) is 5.56 Å². The average molecular weight is 313 g/mol. The van der Waals surface area contributed by atoms with Gasteiger partial charge in [0.05, 0.1) is 17.2 Å². The molecule has 1 saturated heterocycles. The molecule has 1 aliphatic heterocycles. The molecule has 23 heavy (non-hydrogen) atoms. The minimum Gasteiger partial charge on any atom is -0.341 e. The molecule has 1 aliphatic rings. The standard InChI is InChI=1S/C18H23N3O2/c1-13(2)16(18(23)20-10-6-3-7-11-20)21-12-19-15-9-5-4-8-14(15)17(21)22/h4-5,8-9,12-13,16H,3,6-7,10-11H2,1-2H3/t16-/m1/s1. The summed E-state index contributed by atoms with van der Waals surface area (Å²) in [5.41, 5.74) is 0.529. The Morgan fingerprint density at radius 3 is 2.52 bits per heavy atom. The maximum absolute atomic E-state index is 13.0. The number of aromatic nitrogens is 2. The fourth-order valence-corrected chi connectivity index (χ4v) is 3.31. The zero-order valence-corrected chi connectivity index (χ0v) is 13.7. The van der Waals surface area contributed by atoms with Crippen LogP contribution in [-0.2, 0) is 4.79 Å². The molecule has 1 aromatic carbocycles. The SMILES string of the molecule is CC(C)[C@H](C(=O)N1CCCCC1)n1cnc2ccccc2c1=O. The van der Waals surface area contributed by atoms with E-state index in [2.05, 4.69) is 4.98 Å². The summed E-state index contributed by atoms with van der Waals surface area (Å²) < 4.78 is 1.52. The highest BCUT2D eigenvalue weighted by Crippen LogP contribution is 2.22. The van der Waals surface area contributed by atoms with Crippen LogP contribution in [0.5, 0.6) is 0 Å². The van der Waals surface area contributed by atoms with Crippen LogP contribution in [0.15, 0.2) is 35.4 Å². The fourth-order valence-electron chi connectivity index (χ4n) is 3.31. The van der Waals surface area contributed by atoms with Crippen LogP contribution in [0.4, 0.5) is 0 Å². The first kappa shape index (κ1) is 15.7. The van der Waals surface area contributed by atoms with E-state index in [0.717, 1.165) is 25.9 Å². The predicted octanol–water partition coefficient (Wildman–Crippen LogP) is 2.61. The zero-order valence-electron chi connectivity index (χ0n) is 13.7. The van der Waals surface area contributed by atoms with Gasteiger partial charge in [0.2, 0.25) is 5.91 Å². The lowest BCUT2D eigenvalue weighted by Crippen LogP contribution is -2.44. The molecule has 5 nitrogen and oxygen atoms in total. The normalized spacial score (nSPS) is 16.7. The third-order valence-corrected chi connectivity index (χ3v) is 4.54. The predicted molar refractivity (Wildman–Crippen MR) is 90.3 cm³/mol. The molecule has 0 saturated carbocycles. The molecule has 3 rings (SSSR count). The Labute approximate surface area is 135 Å². The first-order valence-electron chi connectivity index (χ1n) is 8.34. The molecule has 5 heteroatoms. The molecule has 2 heterocycles. The van der Waals surface area contributed by atoms with E-state index in [1.807, 2.05) is 36.9 Å². The number of hydrogen-bond acceptors (Lipinski definition) is 3. The third-order valence-electron chi connectivity index (χ3n) is 4.54. The second kappa shape index (κ2) is 6.52. The van der Waals surface area contributed by atoms with Gasteiger partial charge in [0.1, 0.15) is 6.04 Å². The first-order valence-corrected chi connectivity index (χ1v) is 8.34. The van der Waals surface area contributed by atoms with Gasteiger partial charge in [-0.05, 0) is 37.3 Å². The molecule has 122 valence electrons. The van der Waals surface area contributed by atoms with Gasteiger partial charge in [-0.3, -0.25) is 14.2 Å². The molecule has 0 radical (unpaired) electrons. The quantitative estimate of drug-likeness (QED) is 0.875. The number of benzene rings is 1. The Morgan fingerprint density at radius 1 is 1.13 bits per heavy atom. The van der Waals surface area contributed by atoms with Crippen molar-refractivity contribution in [2.45, 2.75) is 39.2 Å². The molecule has 1 aromatic heterocycles. The Hall–Kier alpha value is -2.17. The lowest BCUT2D eigenvalue weighted by Gasteiger charge is -2.32. The first-order chi connectivity index (χ1) is 11.1. The van der Waals surface area contributed by atoms with Crippen LogP contribution >= 0.6 is 0 Å². The molecule has 0 unspecified atom stereocenters. The molecular formula is C18H23N3O2. The number of hydrogen-bond donors (Lipinski definition) is 0. The van der Waals surface area contributed by atoms with Gasteiger partial charge >= 0.3 is 0 Å². The zero-order chi connectivity index (χ0) is 16.4. The fraction of sp³-hybridized carbons (Fsp3) is 0.500. The van der Waals surface area contributed by atoms with E-state index in [1.165, 1.54) is 17.3 Å². The average Bonchev–Trinajstić information content (AvgIpc) is 2.58. The number of fused-ring (bicyclic) bond motifs is 1. The van der Waals surface area contributed by atoms with Crippen LogP contribution in [0, 0.1) is 5.92 Å². The van der Waals surface area contributed by atoms with Crippen LogP contribution in [0.2, 0.25) is 0 Å². The maximum Gasteiger partial charge on any atom is 0.261 e. The Morgan fingerprint density at radius 2 is 1.83 bits per heavy atom. The topological polar surface area (TPSA) is 55.2 Å². The van der Waals surface area contributed by atoms with Crippen molar-refractivity contribution < 1.29 is 4.79 Å². The van der Waals surface area contributed by atoms with E-state index in [4.69, 9.17) is 0 Å². The van der Waals surface area contributed by atoms with E-state index in [9.17, 15) is 9.59 Å². The van der Waals surface area contributed by atoms with Gasteiger partial charge in [-0.1, -0.05) is 26.0 Å². The summed E-state index contributed by atoms with van der Waals surface area (Å²) in [6, 6.07) is 6.78. The summed E-state index contributed by atoms with van der Waals surface area (Å²) in [6.07, 6.45) is 4.79. The number of carbonyl (C=O) groups is 1. The Kier molecular flexibility index (Phi) is 4.46. The number of nitrogens with zero attached hydrogens (tertiary/aromatic N) is 3. The highest BCUT2D eigenvalue weighted by Gasteiger charge is 2.30. The van der Waals surface area contributed by atoms with E-state index in [0.29, 0.717) is 10.9 Å². The second-order valence-corrected chi connectivity index (χ2v) is 6.55. The molecule has 0 aliphatic carbocycles. The summed E-state index contributed by atoms with van der Waals surface area (Å²) >= 11 is 0. The Balaban J connectivity index is 2.03. The van der Waals surface area contributed by atoms with Crippen LogP contribution in [0.3, 0.4) is 0 Å². The second-order valence-electron chi connectivity index (χ2n) is 6.55.